The van der Waals surface area contributed by atoms with Crippen molar-refractivity contribution in [1.29, 1.82) is 0 Å². The molecule has 3 aromatic rings. The van der Waals surface area contributed by atoms with Crippen molar-refractivity contribution in [3.8, 4) is 11.5 Å². The summed E-state index contributed by atoms with van der Waals surface area (Å²) < 4.78 is 131. The van der Waals surface area contributed by atoms with Crippen LogP contribution in [-0.2, 0) is 27.9 Å². The molecule has 1 aliphatic rings. The number of ether oxygens (including phenoxy) is 4. The molecule has 4 rings (SSSR count). The second kappa shape index (κ2) is 10.9. The lowest BCUT2D eigenvalue weighted by atomic mass is 10.1. The van der Waals surface area contributed by atoms with Crippen LogP contribution >= 0.6 is 0 Å². The largest absolute Gasteiger partial charge is 0.429 e. The summed E-state index contributed by atoms with van der Waals surface area (Å²) in [4.78, 5) is 0. The van der Waals surface area contributed by atoms with Gasteiger partial charge in [0.25, 0.3) is 0 Å². The Kier molecular flexibility index (Phi) is 7.89. The van der Waals surface area contributed by atoms with Gasteiger partial charge in [-0.2, -0.15) is 30.7 Å². The Morgan fingerprint density at radius 2 is 1.26 bits per heavy atom. The van der Waals surface area contributed by atoms with Crippen molar-refractivity contribution in [1.82, 2.24) is 0 Å². The van der Waals surface area contributed by atoms with E-state index in [2.05, 4.69) is 16.1 Å². The first-order valence-electron chi connectivity index (χ1n) is 11.4. The van der Waals surface area contributed by atoms with Gasteiger partial charge in [-0.3, -0.25) is 0 Å². The molecule has 0 amide bonds. The van der Waals surface area contributed by atoms with Crippen LogP contribution in [0.25, 0.3) is 0 Å². The van der Waals surface area contributed by atoms with E-state index in [1.807, 2.05) is 0 Å². The van der Waals surface area contributed by atoms with E-state index in [1.54, 1.807) is 6.08 Å². The van der Waals surface area contributed by atoms with Crippen molar-refractivity contribution >= 4 is 0 Å². The third-order valence-electron chi connectivity index (χ3n) is 5.70. The molecule has 1 aliphatic heterocycles. The lowest BCUT2D eigenvalue weighted by Gasteiger charge is -2.28. The van der Waals surface area contributed by atoms with Crippen molar-refractivity contribution in [3.63, 3.8) is 0 Å². The van der Waals surface area contributed by atoms with Crippen molar-refractivity contribution in [3.05, 3.63) is 107 Å². The fourth-order valence-corrected chi connectivity index (χ4v) is 3.60. The Hall–Kier alpha value is -3.64. The molecular formula is C27H20F8O4. The Morgan fingerprint density at radius 3 is 1.79 bits per heavy atom. The van der Waals surface area contributed by atoms with Crippen molar-refractivity contribution in [2.24, 2.45) is 5.92 Å². The van der Waals surface area contributed by atoms with Gasteiger partial charge >= 0.3 is 18.4 Å². The SMILES string of the molecule is C=CC1COC(c2ccc(C(F)(F)Oc3ccc(C(F)(F)Oc4ccc(C(F)(F)F)cc4)c(F)c3)cc2)OC1. The van der Waals surface area contributed by atoms with Gasteiger partial charge in [-0.1, -0.05) is 18.2 Å². The van der Waals surface area contributed by atoms with Gasteiger partial charge in [0, 0.05) is 17.5 Å². The summed E-state index contributed by atoms with van der Waals surface area (Å²) in [5, 5.41) is 0. The van der Waals surface area contributed by atoms with Gasteiger partial charge in [0.2, 0.25) is 0 Å². The molecule has 0 radical (unpaired) electrons. The molecule has 208 valence electrons. The maximum absolute atomic E-state index is 14.7. The minimum absolute atomic E-state index is 0.0152. The zero-order valence-corrected chi connectivity index (χ0v) is 19.9. The molecule has 0 aromatic heterocycles. The predicted octanol–water partition coefficient (Wildman–Crippen LogP) is 7.95. The number of benzene rings is 3. The summed E-state index contributed by atoms with van der Waals surface area (Å²) >= 11 is 0. The maximum Gasteiger partial charge on any atom is 0.429 e. The van der Waals surface area contributed by atoms with E-state index in [0.717, 1.165) is 12.1 Å². The topological polar surface area (TPSA) is 36.9 Å². The molecule has 0 aliphatic carbocycles. The van der Waals surface area contributed by atoms with Gasteiger partial charge in [-0.15, -0.1) is 6.58 Å². The van der Waals surface area contributed by atoms with Gasteiger partial charge in [0.05, 0.1) is 24.3 Å². The molecule has 3 aromatic carbocycles. The third-order valence-corrected chi connectivity index (χ3v) is 5.70. The van der Waals surface area contributed by atoms with Crippen LogP contribution in [0.15, 0.2) is 79.4 Å². The van der Waals surface area contributed by atoms with Gasteiger partial charge in [-0.25, -0.2) is 4.39 Å². The van der Waals surface area contributed by atoms with Crippen molar-refractivity contribution in [2.45, 2.75) is 24.7 Å². The van der Waals surface area contributed by atoms with E-state index in [0.29, 0.717) is 61.2 Å². The predicted molar refractivity (Wildman–Crippen MR) is 122 cm³/mol. The van der Waals surface area contributed by atoms with E-state index >= 15 is 0 Å². The van der Waals surface area contributed by atoms with Gasteiger partial charge in [0.1, 0.15) is 22.9 Å². The Balaban J connectivity index is 1.43. The quantitative estimate of drug-likeness (QED) is 0.207. The first-order chi connectivity index (χ1) is 18.3. The van der Waals surface area contributed by atoms with Crippen LogP contribution in [0.2, 0.25) is 0 Å². The molecule has 1 fully saturated rings. The number of hydrogen-bond acceptors (Lipinski definition) is 4. The lowest BCUT2D eigenvalue weighted by molar-refractivity contribution is -0.198. The highest BCUT2D eigenvalue weighted by molar-refractivity contribution is 5.34. The van der Waals surface area contributed by atoms with E-state index in [4.69, 9.17) is 9.47 Å². The Bertz CT molecular complexity index is 1280. The lowest BCUT2D eigenvalue weighted by Crippen LogP contribution is -2.26. The molecule has 0 atom stereocenters. The third kappa shape index (κ3) is 6.69. The van der Waals surface area contributed by atoms with Crippen molar-refractivity contribution in [2.75, 3.05) is 13.2 Å². The molecule has 1 heterocycles. The van der Waals surface area contributed by atoms with E-state index in [-0.39, 0.29) is 5.92 Å². The van der Waals surface area contributed by atoms with Crippen LogP contribution < -0.4 is 9.47 Å². The standard InChI is InChI=1S/C27H20F8O4/c1-2-16-14-36-24(37-15-16)17-3-5-19(6-4-17)26(32,33)39-21-11-12-22(23(28)13-21)27(34,35)38-20-9-7-18(8-10-20)25(29,30)31/h2-13,16,24H,1,14-15H2. The van der Waals surface area contributed by atoms with Crippen LogP contribution in [-0.4, -0.2) is 13.2 Å². The average Bonchev–Trinajstić information content (AvgIpc) is 2.88. The zero-order chi connectivity index (χ0) is 28.4. The highest BCUT2D eigenvalue weighted by Crippen LogP contribution is 2.38. The first-order valence-corrected chi connectivity index (χ1v) is 11.4. The summed E-state index contributed by atoms with van der Waals surface area (Å²) in [6.07, 6.45) is -12.1. The minimum Gasteiger partial charge on any atom is -0.429 e. The molecule has 0 spiro atoms. The van der Waals surface area contributed by atoms with Crippen LogP contribution in [0.5, 0.6) is 11.5 Å². The minimum atomic E-state index is -4.69. The molecule has 39 heavy (non-hydrogen) atoms. The second-order valence-electron chi connectivity index (χ2n) is 8.52. The monoisotopic (exact) mass is 560 g/mol. The molecule has 0 N–H and O–H groups in total. The smallest absolute Gasteiger partial charge is 0.429 e. The Morgan fingerprint density at radius 1 is 0.718 bits per heavy atom. The Labute approximate surface area is 217 Å². The molecular weight excluding hydrogens is 540 g/mol. The molecule has 0 saturated carbocycles. The second-order valence-corrected chi connectivity index (χ2v) is 8.52. The van der Waals surface area contributed by atoms with Crippen molar-refractivity contribution < 1.29 is 54.1 Å². The summed E-state index contributed by atoms with van der Waals surface area (Å²) in [5.41, 5.74) is -2.57. The van der Waals surface area contributed by atoms with Crippen LogP contribution in [0.3, 0.4) is 0 Å². The number of halogens is 8. The van der Waals surface area contributed by atoms with E-state index in [1.165, 1.54) is 12.1 Å². The van der Waals surface area contributed by atoms with Crippen LogP contribution in [0.1, 0.15) is 28.5 Å². The fraction of sp³-hybridized carbons (Fsp3) is 0.259. The number of rotatable bonds is 8. The summed E-state index contributed by atoms with van der Waals surface area (Å²) in [6, 6.07) is 8.58. The number of alkyl halides is 7. The fourth-order valence-electron chi connectivity index (χ4n) is 3.60. The molecule has 12 heteroatoms. The molecule has 0 unspecified atom stereocenters. The van der Waals surface area contributed by atoms with Crippen LogP contribution in [0, 0.1) is 11.7 Å². The van der Waals surface area contributed by atoms with Gasteiger partial charge < -0.3 is 18.9 Å². The number of hydrogen-bond donors (Lipinski definition) is 0. The average molecular weight is 560 g/mol. The summed E-state index contributed by atoms with van der Waals surface area (Å²) in [7, 11) is 0. The van der Waals surface area contributed by atoms with E-state index in [9.17, 15) is 35.1 Å². The zero-order valence-electron chi connectivity index (χ0n) is 19.9. The summed E-state index contributed by atoms with van der Waals surface area (Å²) in [6.45, 7) is 4.35. The normalized spacial score (nSPS) is 18.5. The molecule has 1 saturated heterocycles. The maximum atomic E-state index is 14.7. The van der Waals surface area contributed by atoms with Crippen LogP contribution in [0.4, 0.5) is 35.1 Å². The molecule has 4 nitrogen and oxygen atoms in total. The van der Waals surface area contributed by atoms with Gasteiger partial charge in [-0.05, 0) is 48.5 Å². The van der Waals surface area contributed by atoms with E-state index < -0.39 is 58.7 Å². The van der Waals surface area contributed by atoms with Gasteiger partial charge in [0.15, 0.2) is 6.29 Å². The molecule has 0 bridgehead atoms. The highest BCUT2D eigenvalue weighted by atomic mass is 19.4. The highest BCUT2D eigenvalue weighted by Gasteiger charge is 2.40. The first kappa shape index (κ1) is 28.4. The summed E-state index contributed by atoms with van der Waals surface area (Å²) in [5.74, 6) is -3.06.